The molecular weight excluding hydrogens is 404 g/mol. The van der Waals surface area contributed by atoms with Crippen LogP contribution in [0.2, 0.25) is 0 Å². The maximum absolute atomic E-state index is 12.1. The molecule has 2 amide bonds. The van der Waals surface area contributed by atoms with Crippen molar-refractivity contribution in [2.75, 3.05) is 24.7 Å². The van der Waals surface area contributed by atoms with Crippen LogP contribution in [0.4, 0.5) is 4.79 Å². The smallest absolute Gasteiger partial charge is 0.407 e. The Morgan fingerprint density at radius 2 is 1.67 bits per heavy atom. The lowest BCUT2D eigenvalue weighted by atomic mass is 9.98. The Kier molecular flexibility index (Phi) is 7.35. The van der Waals surface area contributed by atoms with E-state index in [4.69, 9.17) is 9.84 Å². The molecule has 1 aliphatic carbocycles. The molecular formula is C22H24N2O5S. The Morgan fingerprint density at radius 1 is 1.07 bits per heavy atom. The van der Waals surface area contributed by atoms with E-state index in [9.17, 15) is 14.4 Å². The molecule has 0 spiro atoms. The summed E-state index contributed by atoms with van der Waals surface area (Å²) < 4.78 is 5.44. The fourth-order valence-corrected chi connectivity index (χ4v) is 4.04. The fourth-order valence-electron chi connectivity index (χ4n) is 3.38. The molecule has 0 bridgehead atoms. The number of rotatable bonds is 9. The molecule has 30 heavy (non-hydrogen) atoms. The molecule has 158 valence electrons. The molecule has 0 aliphatic heterocycles. The normalized spacial score (nSPS) is 13.1. The lowest BCUT2D eigenvalue weighted by Crippen LogP contribution is -2.39. The molecule has 0 saturated carbocycles. The number of hydrogen-bond donors (Lipinski definition) is 3. The van der Waals surface area contributed by atoms with Gasteiger partial charge in [-0.15, -0.1) is 0 Å². The summed E-state index contributed by atoms with van der Waals surface area (Å²) in [5.41, 5.74) is 4.66. The molecule has 3 rings (SSSR count). The monoisotopic (exact) mass is 428 g/mol. The number of alkyl carbamates (subject to hydrolysis) is 1. The molecule has 2 aromatic carbocycles. The van der Waals surface area contributed by atoms with Crippen LogP contribution in [0.5, 0.6) is 0 Å². The Hall–Kier alpha value is -3.00. The number of carboxylic acid groups (broad SMARTS) is 1. The van der Waals surface area contributed by atoms with Crippen LogP contribution in [0.25, 0.3) is 11.1 Å². The second-order valence-corrected chi connectivity index (χ2v) is 8.04. The van der Waals surface area contributed by atoms with Crippen LogP contribution in [0, 0.1) is 0 Å². The number of amides is 2. The van der Waals surface area contributed by atoms with Crippen molar-refractivity contribution in [2.45, 2.75) is 18.9 Å². The highest BCUT2D eigenvalue weighted by Crippen LogP contribution is 2.44. The Labute approximate surface area is 179 Å². The lowest BCUT2D eigenvalue weighted by Gasteiger charge is -2.14. The standard InChI is InChI=1S/C22H24N2O5S/c1-14(21(26)27)24-20(25)13-30-11-10-23-22(28)29-12-19-17-8-4-2-6-15(17)16-7-3-5-9-18(16)19/h2-9,14,19H,10-13H2,1H3,(H,23,28)(H,24,25)(H,26,27)/t14-/m1/s1. The Morgan fingerprint density at radius 3 is 2.27 bits per heavy atom. The van der Waals surface area contributed by atoms with Crippen molar-refractivity contribution in [3.63, 3.8) is 0 Å². The highest BCUT2D eigenvalue weighted by molar-refractivity contribution is 7.99. The van der Waals surface area contributed by atoms with E-state index in [1.165, 1.54) is 29.8 Å². The minimum absolute atomic E-state index is 0.0115. The number of hydrogen-bond acceptors (Lipinski definition) is 5. The topological polar surface area (TPSA) is 105 Å². The number of carbonyl (C=O) groups excluding carboxylic acids is 2. The van der Waals surface area contributed by atoms with Gasteiger partial charge >= 0.3 is 12.1 Å². The van der Waals surface area contributed by atoms with E-state index >= 15 is 0 Å². The average molecular weight is 429 g/mol. The van der Waals surface area contributed by atoms with Crippen LogP contribution in [-0.2, 0) is 14.3 Å². The molecule has 1 aliphatic rings. The molecule has 0 radical (unpaired) electrons. The van der Waals surface area contributed by atoms with E-state index in [1.807, 2.05) is 24.3 Å². The summed E-state index contributed by atoms with van der Waals surface area (Å²) in [6.45, 7) is 2.01. The number of carboxylic acids is 1. The van der Waals surface area contributed by atoms with E-state index in [2.05, 4.69) is 34.9 Å². The van der Waals surface area contributed by atoms with E-state index < -0.39 is 18.1 Å². The van der Waals surface area contributed by atoms with Crippen LogP contribution < -0.4 is 10.6 Å². The van der Waals surface area contributed by atoms with E-state index in [0.29, 0.717) is 12.3 Å². The van der Waals surface area contributed by atoms with Crippen molar-refractivity contribution in [1.82, 2.24) is 10.6 Å². The third-order valence-corrected chi connectivity index (χ3v) is 5.80. The molecule has 0 fully saturated rings. The first kappa shape index (κ1) is 21.7. The summed E-state index contributed by atoms with van der Waals surface area (Å²) >= 11 is 1.31. The van der Waals surface area contributed by atoms with Gasteiger partial charge in [-0.3, -0.25) is 9.59 Å². The summed E-state index contributed by atoms with van der Waals surface area (Å²) in [7, 11) is 0. The predicted octanol–water partition coefficient (Wildman–Crippen LogP) is 2.85. The van der Waals surface area contributed by atoms with Gasteiger partial charge in [-0.2, -0.15) is 11.8 Å². The number of carbonyl (C=O) groups is 3. The van der Waals surface area contributed by atoms with Gasteiger partial charge in [-0.1, -0.05) is 48.5 Å². The van der Waals surface area contributed by atoms with Gasteiger partial charge in [0.2, 0.25) is 5.91 Å². The molecule has 0 heterocycles. The van der Waals surface area contributed by atoms with Crippen molar-refractivity contribution >= 4 is 29.7 Å². The SMILES string of the molecule is C[C@@H](NC(=O)CSCCNC(=O)OCC1c2ccccc2-c2ccccc21)C(=O)O. The van der Waals surface area contributed by atoms with Gasteiger partial charge in [0.25, 0.3) is 0 Å². The number of fused-ring (bicyclic) bond motifs is 3. The van der Waals surface area contributed by atoms with Crippen molar-refractivity contribution in [1.29, 1.82) is 0 Å². The maximum atomic E-state index is 12.1. The highest BCUT2D eigenvalue weighted by atomic mass is 32.2. The largest absolute Gasteiger partial charge is 0.480 e. The van der Waals surface area contributed by atoms with E-state index in [1.54, 1.807) is 0 Å². The minimum atomic E-state index is -1.08. The molecule has 0 unspecified atom stereocenters. The van der Waals surface area contributed by atoms with Gasteiger partial charge in [-0.25, -0.2) is 4.79 Å². The molecule has 0 saturated heterocycles. The van der Waals surface area contributed by atoms with E-state index in [-0.39, 0.29) is 24.2 Å². The zero-order valence-electron chi connectivity index (χ0n) is 16.6. The van der Waals surface area contributed by atoms with Gasteiger partial charge in [0.05, 0.1) is 5.75 Å². The second-order valence-electron chi connectivity index (χ2n) is 6.93. The summed E-state index contributed by atoms with van der Waals surface area (Å²) in [6.07, 6.45) is -0.499. The quantitative estimate of drug-likeness (QED) is 0.531. The Bertz CT molecular complexity index is 888. The summed E-state index contributed by atoms with van der Waals surface area (Å²) in [5, 5.41) is 13.8. The van der Waals surface area contributed by atoms with Gasteiger partial charge in [0.1, 0.15) is 12.6 Å². The van der Waals surface area contributed by atoms with Crippen LogP contribution in [0.15, 0.2) is 48.5 Å². The molecule has 3 N–H and O–H groups in total. The first-order valence-corrected chi connectivity index (χ1v) is 10.8. The van der Waals surface area contributed by atoms with Crippen LogP contribution in [0.3, 0.4) is 0 Å². The second kappa shape index (κ2) is 10.2. The number of thioether (sulfide) groups is 1. The number of aliphatic carboxylic acids is 1. The zero-order valence-corrected chi connectivity index (χ0v) is 17.4. The summed E-state index contributed by atoms with van der Waals surface area (Å²) in [6, 6.07) is 15.4. The van der Waals surface area contributed by atoms with Crippen molar-refractivity contribution < 1.29 is 24.2 Å². The minimum Gasteiger partial charge on any atom is -0.480 e. The molecule has 2 aromatic rings. The fraction of sp³-hybridized carbons (Fsp3) is 0.318. The lowest BCUT2D eigenvalue weighted by molar-refractivity contribution is -0.140. The average Bonchev–Trinajstić information content (AvgIpc) is 3.05. The first-order chi connectivity index (χ1) is 14.5. The third-order valence-electron chi connectivity index (χ3n) is 4.84. The molecule has 1 atom stereocenters. The molecule has 7 nitrogen and oxygen atoms in total. The third kappa shape index (κ3) is 5.33. The highest BCUT2D eigenvalue weighted by Gasteiger charge is 2.28. The molecule has 8 heteroatoms. The van der Waals surface area contributed by atoms with Crippen molar-refractivity contribution in [2.24, 2.45) is 0 Å². The predicted molar refractivity (Wildman–Crippen MR) is 116 cm³/mol. The van der Waals surface area contributed by atoms with Crippen LogP contribution in [-0.4, -0.2) is 53.8 Å². The van der Waals surface area contributed by atoms with Crippen LogP contribution in [0.1, 0.15) is 24.0 Å². The maximum Gasteiger partial charge on any atom is 0.407 e. The zero-order chi connectivity index (χ0) is 21.5. The number of nitrogens with one attached hydrogen (secondary N) is 2. The summed E-state index contributed by atoms with van der Waals surface area (Å²) in [4.78, 5) is 34.3. The van der Waals surface area contributed by atoms with Crippen molar-refractivity contribution in [3.8, 4) is 11.1 Å². The number of benzene rings is 2. The van der Waals surface area contributed by atoms with E-state index in [0.717, 1.165) is 11.1 Å². The molecule has 0 aromatic heterocycles. The van der Waals surface area contributed by atoms with Gasteiger partial charge in [-0.05, 0) is 29.2 Å². The van der Waals surface area contributed by atoms with Crippen molar-refractivity contribution in [3.05, 3.63) is 59.7 Å². The Balaban J connectivity index is 1.40. The van der Waals surface area contributed by atoms with Gasteiger partial charge in [0, 0.05) is 18.2 Å². The first-order valence-electron chi connectivity index (χ1n) is 9.66. The summed E-state index contributed by atoms with van der Waals surface area (Å²) in [5.74, 6) is -0.776. The van der Waals surface area contributed by atoms with Gasteiger partial charge < -0.3 is 20.5 Å². The van der Waals surface area contributed by atoms with Crippen LogP contribution >= 0.6 is 11.8 Å². The number of ether oxygens (including phenoxy) is 1. The van der Waals surface area contributed by atoms with Gasteiger partial charge in [0.15, 0.2) is 0 Å².